The summed E-state index contributed by atoms with van der Waals surface area (Å²) in [6, 6.07) is 13.7. The lowest BCUT2D eigenvalue weighted by atomic mass is 10.2. The molecule has 0 radical (unpaired) electrons. The van der Waals surface area contributed by atoms with E-state index in [0.717, 1.165) is 16.9 Å². The molecule has 0 aliphatic heterocycles. The van der Waals surface area contributed by atoms with Crippen LogP contribution in [0, 0.1) is 6.92 Å². The van der Waals surface area contributed by atoms with Gasteiger partial charge in [0, 0.05) is 14.9 Å². The van der Waals surface area contributed by atoms with Gasteiger partial charge in [0.1, 0.15) is 4.88 Å². The summed E-state index contributed by atoms with van der Waals surface area (Å²) in [6.07, 6.45) is 0. The van der Waals surface area contributed by atoms with Crippen LogP contribution in [-0.4, -0.2) is 17.7 Å². The number of aryl methyl sites for hydroxylation is 1. The Morgan fingerprint density at radius 1 is 1.14 bits per heavy atom. The molecule has 152 valence electrons. The standard InChI is InChI=1S/C20H18Cl2NO4PS/c1-3-27-28(26,17-9-8-15(22)10-12(17)2)23-16-11-18(29-19(16)20(24)25)13-4-6-14(21)7-5-13/h4-11H,3H2,1-2H3,(H,23,26)(H,24,25). The predicted molar refractivity (Wildman–Crippen MR) is 120 cm³/mol. The summed E-state index contributed by atoms with van der Waals surface area (Å²) in [6.45, 7) is 3.69. The number of carbonyl (C=O) groups is 1. The summed E-state index contributed by atoms with van der Waals surface area (Å²) in [5, 5.41) is 14.1. The number of nitrogens with one attached hydrogen (secondary N) is 1. The van der Waals surface area contributed by atoms with Gasteiger partial charge in [0.25, 0.3) is 0 Å². The zero-order chi connectivity index (χ0) is 21.2. The first-order chi connectivity index (χ1) is 13.7. The lowest BCUT2D eigenvalue weighted by Gasteiger charge is -2.21. The Morgan fingerprint density at radius 3 is 2.38 bits per heavy atom. The fraction of sp³-hybridized carbons (Fsp3) is 0.150. The van der Waals surface area contributed by atoms with Crippen molar-refractivity contribution in [2.75, 3.05) is 11.7 Å². The molecule has 3 aromatic rings. The van der Waals surface area contributed by atoms with E-state index in [0.29, 0.717) is 25.8 Å². The normalized spacial score (nSPS) is 13.1. The number of carboxylic acid groups (broad SMARTS) is 1. The lowest BCUT2D eigenvalue weighted by molar-refractivity contribution is 0.0703. The number of carboxylic acids is 1. The maximum atomic E-state index is 13.7. The number of anilines is 1. The second-order valence-corrected chi connectivity index (χ2v) is 10.2. The first-order valence-electron chi connectivity index (χ1n) is 8.66. The lowest BCUT2D eigenvalue weighted by Crippen LogP contribution is -2.17. The van der Waals surface area contributed by atoms with Crippen LogP contribution >= 0.6 is 42.1 Å². The molecule has 5 nitrogen and oxygen atoms in total. The SMILES string of the molecule is CCOP(=O)(Nc1cc(-c2ccc(Cl)cc2)sc1C(=O)O)c1ccc(Cl)cc1C. The topological polar surface area (TPSA) is 75.6 Å². The predicted octanol–water partition coefficient (Wildman–Crippen LogP) is 6.70. The summed E-state index contributed by atoms with van der Waals surface area (Å²) in [5.41, 5.74) is 1.73. The van der Waals surface area contributed by atoms with E-state index in [1.165, 1.54) is 0 Å². The Balaban J connectivity index is 2.06. The van der Waals surface area contributed by atoms with Gasteiger partial charge in [-0.1, -0.05) is 35.3 Å². The molecule has 0 fully saturated rings. The summed E-state index contributed by atoms with van der Waals surface area (Å²) in [7, 11) is -3.59. The van der Waals surface area contributed by atoms with Crippen molar-refractivity contribution in [1.29, 1.82) is 0 Å². The smallest absolute Gasteiger partial charge is 0.348 e. The van der Waals surface area contributed by atoms with Crippen molar-refractivity contribution in [3.8, 4) is 10.4 Å². The number of hydrogen-bond donors (Lipinski definition) is 2. The molecule has 29 heavy (non-hydrogen) atoms. The molecule has 0 spiro atoms. The Labute approximate surface area is 182 Å². The highest BCUT2D eigenvalue weighted by molar-refractivity contribution is 7.68. The Kier molecular flexibility index (Phi) is 6.72. The van der Waals surface area contributed by atoms with E-state index in [2.05, 4.69) is 5.09 Å². The first-order valence-corrected chi connectivity index (χ1v) is 11.9. The Morgan fingerprint density at radius 2 is 1.79 bits per heavy atom. The third-order valence-corrected chi connectivity index (χ3v) is 8.06. The summed E-state index contributed by atoms with van der Waals surface area (Å²) in [4.78, 5) is 12.6. The third-order valence-electron chi connectivity index (χ3n) is 4.11. The van der Waals surface area contributed by atoms with Gasteiger partial charge in [-0.05, 0) is 61.4 Å². The van der Waals surface area contributed by atoms with Gasteiger partial charge in [-0.3, -0.25) is 4.57 Å². The third kappa shape index (κ3) is 4.85. The number of benzene rings is 2. The van der Waals surface area contributed by atoms with Gasteiger partial charge >= 0.3 is 13.5 Å². The molecule has 0 amide bonds. The van der Waals surface area contributed by atoms with Crippen LogP contribution in [0.1, 0.15) is 22.2 Å². The van der Waals surface area contributed by atoms with Crippen LogP contribution in [0.2, 0.25) is 10.0 Å². The molecule has 0 aliphatic rings. The van der Waals surface area contributed by atoms with Crippen molar-refractivity contribution in [3.05, 3.63) is 69.0 Å². The number of hydrogen-bond acceptors (Lipinski definition) is 4. The van der Waals surface area contributed by atoms with Crippen molar-refractivity contribution in [2.24, 2.45) is 0 Å². The summed E-state index contributed by atoms with van der Waals surface area (Å²) >= 11 is 13.0. The van der Waals surface area contributed by atoms with Gasteiger partial charge in [-0.15, -0.1) is 11.3 Å². The fourth-order valence-corrected chi connectivity index (χ4v) is 6.21. The second-order valence-electron chi connectivity index (χ2n) is 6.18. The summed E-state index contributed by atoms with van der Waals surface area (Å²) in [5.74, 6) is -1.12. The van der Waals surface area contributed by atoms with E-state index in [1.807, 2.05) is 0 Å². The highest BCUT2D eigenvalue weighted by Gasteiger charge is 2.30. The molecular weight excluding hydrogens is 452 g/mol. The van der Waals surface area contributed by atoms with Crippen molar-refractivity contribution in [3.63, 3.8) is 0 Å². The average molecular weight is 470 g/mol. The van der Waals surface area contributed by atoms with Crippen LogP contribution in [-0.2, 0) is 9.09 Å². The molecule has 0 aliphatic carbocycles. The number of aromatic carboxylic acids is 1. The molecule has 0 bridgehead atoms. The molecule has 1 aromatic heterocycles. The minimum atomic E-state index is -3.59. The highest BCUT2D eigenvalue weighted by Crippen LogP contribution is 2.49. The van der Waals surface area contributed by atoms with E-state index in [1.54, 1.807) is 62.4 Å². The second kappa shape index (κ2) is 8.90. The van der Waals surface area contributed by atoms with Crippen LogP contribution < -0.4 is 10.4 Å². The number of rotatable bonds is 7. The molecule has 1 unspecified atom stereocenters. The van der Waals surface area contributed by atoms with E-state index >= 15 is 0 Å². The minimum Gasteiger partial charge on any atom is -0.477 e. The molecule has 1 atom stereocenters. The Bertz CT molecular complexity index is 1100. The van der Waals surface area contributed by atoms with Gasteiger partial charge in [0.15, 0.2) is 0 Å². The van der Waals surface area contributed by atoms with E-state index in [4.69, 9.17) is 27.7 Å². The Hall–Kier alpha value is -1.82. The van der Waals surface area contributed by atoms with Crippen LogP contribution in [0.4, 0.5) is 5.69 Å². The number of thiophene rings is 1. The van der Waals surface area contributed by atoms with Gasteiger partial charge in [0.05, 0.1) is 17.6 Å². The molecule has 0 saturated heterocycles. The van der Waals surface area contributed by atoms with E-state index in [9.17, 15) is 14.5 Å². The quantitative estimate of drug-likeness (QED) is 0.376. The van der Waals surface area contributed by atoms with E-state index < -0.39 is 13.5 Å². The van der Waals surface area contributed by atoms with Crippen LogP contribution in [0.5, 0.6) is 0 Å². The van der Waals surface area contributed by atoms with Crippen LogP contribution in [0.15, 0.2) is 48.5 Å². The molecule has 9 heteroatoms. The first kappa shape index (κ1) is 21.9. The molecule has 2 aromatic carbocycles. The molecular formula is C20H18Cl2NO4PS. The minimum absolute atomic E-state index is 0.0431. The van der Waals surface area contributed by atoms with E-state index in [-0.39, 0.29) is 17.2 Å². The molecule has 0 saturated carbocycles. The zero-order valence-electron chi connectivity index (χ0n) is 15.6. The van der Waals surface area contributed by atoms with Crippen molar-refractivity contribution < 1.29 is 19.0 Å². The highest BCUT2D eigenvalue weighted by atomic mass is 35.5. The maximum absolute atomic E-state index is 13.7. The van der Waals surface area contributed by atoms with Gasteiger partial charge < -0.3 is 14.7 Å². The van der Waals surface area contributed by atoms with Crippen molar-refractivity contribution >= 4 is 59.0 Å². The van der Waals surface area contributed by atoms with Gasteiger partial charge in [-0.2, -0.15) is 0 Å². The average Bonchev–Trinajstić information content (AvgIpc) is 3.06. The molecule has 2 N–H and O–H groups in total. The van der Waals surface area contributed by atoms with Crippen molar-refractivity contribution in [1.82, 2.24) is 0 Å². The van der Waals surface area contributed by atoms with Gasteiger partial charge in [-0.25, -0.2) is 4.79 Å². The summed E-state index contributed by atoms with van der Waals surface area (Å²) < 4.78 is 19.3. The monoisotopic (exact) mass is 469 g/mol. The van der Waals surface area contributed by atoms with Gasteiger partial charge in [0.2, 0.25) is 0 Å². The van der Waals surface area contributed by atoms with Crippen LogP contribution in [0.3, 0.4) is 0 Å². The molecule has 1 heterocycles. The fourth-order valence-electron chi connectivity index (χ4n) is 2.84. The number of halogens is 2. The molecule has 3 rings (SSSR count). The zero-order valence-corrected chi connectivity index (χ0v) is 18.8. The van der Waals surface area contributed by atoms with Crippen LogP contribution in [0.25, 0.3) is 10.4 Å². The largest absolute Gasteiger partial charge is 0.477 e. The maximum Gasteiger partial charge on any atom is 0.348 e. The van der Waals surface area contributed by atoms with Crippen molar-refractivity contribution in [2.45, 2.75) is 13.8 Å².